The van der Waals surface area contributed by atoms with Crippen molar-refractivity contribution in [3.8, 4) is 0 Å². The van der Waals surface area contributed by atoms with Gasteiger partial charge in [-0.15, -0.1) is 0 Å². The van der Waals surface area contributed by atoms with Gasteiger partial charge in [0.1, 0.15) is 0 Å². The lowest BCUT2D eigenvalue weighted by atomic mass is 10.4. The first kappa shape index (κ1) is 12.4. The van der Waals surface area contributed by atoms with Crippen LogP contribution in [0.2, 0.25) is 0 Å². The van der Waals surface area contributed by atoms with Crippen LogP contribution in [0, 0.1) is 0 Å². The van der Waals surface area contributed by atoms with Crippen molar-refractivity contribution in [2.24, 2.45) is 0 Å². The lowest BCUT2D eigenvalue weighted by Crippen LogP contribution is -2.42. The van der Waals surface area contributed by atoms with E-state index in [0.717, 1.165) is 20.0 Å². The molecule has 0 aromatic heterocycles. The molecule has 1 rings (SSSR count). The molecule has 1 fully saturated rings. The Morgan fingerprint density at radius 1 is 1.38 bits per heavy atom. The van der Waals surface area contributed by atoms with Crippen molar-refractivity contribution in [2.45, 2.75) is 18.9 Å². The zero-order valence-electron chi connectivity index (χ0n) is 8.93. The molecule has 1 aliphatic carbocycles. The molecule has 0 aliphatic heterocycles. The lowest BCUT2D eigenvalue weighted by molar-refractivity contribution is -0.138. The molecule has 0 aromatic rings. The summed E-state index contributed by atoms with van der Waals surface area (Å²) in [4.78, 5) is 34.1. The van der Waals surface area contributed by atoms with E-state index in [4.69, 9.17) is 5.11 Å². The van der Waals surface area contributed by atoms with Crippen molar-refractivity contribution in [1.29, 1.82) is 0 Å². The number of carbonyl (C=O) groups is 3. The minimum Gasteiger partial charge on any atom is -0.480 e. The quantitative estimate of drug-likeness (QED) is 0.656. The van der Waals surface area contributed by atoms with Crippen molar-refractivity contribution in [3.63, 3.8) is 0 Å². The van der Waals surface area contributed by atoms with Gasteiger partial charge in [0.15, 0.2) is 0 Å². The fourth-order valence-corrected chi connectivity index (χ4v) is 1.32. The van der Waals surface area contributed by atoms with Crippen LogP contribution in [0.25, 0.3) is 0 Å². The molecular formula is C9H14N2O5. The topological polar surface area (TPSA) is 95.9 Å². The molecule has 0 radical (unpaired) electrons. The van der Waals surface area contributed by atoms with Crippen molar-refractivity contribution in [2.75, 3.05) is 20.2 Å². The second-order valence-electron chi connectivity index (χ2n) is 3.57. The first-order chi connectivity index (χ1) is 7.52. The van der Waals surface area contributed by atoms with E-state index in [1.165, 1.54) is 4.90 Å². The van der Waals surface area contributed by atoms with Crippen LogP contribution in [-0.4, -0.2) is 54.2 Å². The number of carboxylic acid groups (broad SMARTS) is 1. The zero-order valence-corrected chi connectivity index (χ0v) is 8.93. The molecule has 1 saturated carbocycles. The van der Waals surface area contributed by atoms with Gasteiger partial charge >= 0.3 is 12.1 Å². The summed E-state index contributed by atoms with van der Waals surface area (Å²) in [6.45, 7) is -0.300. The van der Waals surface area contributed by atoms with Gasteiger partial charge in [0.2, 0.25) is 5.91 Å². The second kappa shape index (κ2) is 5.45. The lowest BCUT2D eigenvalue weighted by Gasteiger charge is -2.18. The van der Waals surface area contributed by atoms with Crippen LogP contribution in [-0.2, 0) is 14.3 Å². The van der Waals surface area contributed by atoms with Gasteiger partial charge in [0, 0.05) is 6.04 Å². The number of nitrogens with zero attached hydrogens (tertiary/aromatic N) is 1. The Balaban J connectivity index is 2.38. The van der Waals surface area contributed by atoms with E-state index in [-0.39, 0.29) is 19.1 Å². The normalized spacial score (nSPS) is 14.6. The number of rotatable bonds is 5. The molecule has 0 unspecified atom stereocenters. The molecule has 1 aliphatic rings. The fourth-order valence-electron chi connectivity index (χ4n) is 1.32. The summed E-state index contributed by atoms with van der Waals surface area (Å²) >= 11 is 0. The molecule has 7 nitrogen and oxygen atoms in total. The van der Waals surface area contributed by atoms with Gasteiger partial charge in [-0.05, 0) is 12.8 Å². The molecule has 0 spiro atoms. The van der Waals surface area contributed by atoms with Crippen molar-refractivity contribution in [1.82, 2.24) is 10.2 Å². The average Bonchev–Trinajstić information content (AvgIpc) is 2.98. The summed E-state index contributed by atoms with van der Waals surface area (Å²) in [5.74, 6) is -1.54. The van der Waals surface area contributed by atoms with E-state index in [1.807, 2.05) is 5.32 Å². The number of amides is 2. The maximum Gasteiger partial charge on any atom is 0.413 e. The third kappa shape index (κ3) is 4.26. The minimum absolute atomic E-state index is 0.105. The Kier molecular flexibility index (Phi) is 4.24. The van der Waals surface area contributed by atoms with Gasteiger partial charge in [-0.1, -0.05) is 0 Å². The van der Waals surface area contributed by atoms with Crippen LogP contribution in [0.5, 0.6) is 0 Å². The summed E-state index contributed by atoms with van der Waals surface area (Å²) < 4.78 is 4.25. The van der Waals surface area contributed by atoms with E-state index in [1.54, 1.807) is 0 Å². The number of imide groups is 1. The number of aliphatic carboxylic acids is 1. The molecular weight excluding hydrogens is 216 g/mol. The Hall–Kier alpha value is -1.63. The number of hydrogen-bond acceptors (Lipinski definition) is 5. The molecule has 16 heavy (non-hydrogen) atoms. The summed E-state index contributed by atoms with van der Waals surface area (Å²) in [5.41, 5.74) is 0. The van der Waals surface area contributed by atoms with Crippen molar-refractivity contribution < 1.29 is 24.2 Å². The summed E-state index contributed by atoms with van der Waals surface area (Å²) in [7, 11) is 1.15. The molecule has 0 aromatic carbocycles. The van der Waals surface area contributed by atoms with E-state index in [0.29, 0.717) is 0 Å². The van der Waals surface area contributed by atoms with E-state index >= 15 is 0 Å². The highest BCUT2D eigenvalue weighted by molar-refractivity contribution is 5.93. The highest BCUT2D eigenvalue weighted by atomic mass is 16.5. The van der Waals surface area contributed by atoms with Crippen LogP contribution in [0.15, 0.2) is 0 Å². The average molecular weight is 230 g/mol. The van der Waals surface area contributed by atoms with Gasteiger partial charge in [-0.2, -0.15) is 0 Å². The van der Waals surface area contributed by atoms with E-state index in [9.17, 15) is 14.4 Å². The SMILES string of the molecule is COC(=O)NC(=O)CN(CC(=O)O)C1CC1. The Bertz CT molecular complexity index is 300. The van der Waals surface area contributed by atoms with Gasteiger partial charge in [-0.3, -0.25) is 19.8 Å². The minimum atomic E-state index is -0.988. The molecule has 7 heteroatoms. The molecule has 0 heterocycles. The van der Waals surface area contributed by atoms with Crippen LogP contribution in [0.4, 0.5) is 4.79 Å². The number of methoxy groups -OCH3 is 1. The van der Waals surface area contributed by atoms with Crippen LogP contribution >= 0.6 is 0 Å². The summed E-state index contributed by atoms with van der Waals surface area (Å²) in [6, 6.07) is 0.138. The highest BCUT2D eigenvalue weighted by Crippen LogP contribution is 2.26. The van der Waals surface area contributed by atoms with Crippen LogP contribution < -0.4 is 5.32 Å². The number of hydrogen-bond donors (Lipinski definition) is 2. The highest BCUT2D eigenvalue weighted by Gasteiger charge is 2.31. The number of alkyl carbamates (subject to hydrolysis) is 1. The Labute approximate surface area is 92.4 Å². The molecule has 90 valence electrons. The van der Waals surface area contributed by atoms with Crippen molar-refractivity contribution in [3.05, 3.63) is 0 Å². The van der Waals surface area contributed by atoms with Gasteiger partial charge in [0.25, 0.3) is 0 Å². The molecule has 2 N–H and O–H groups in total. The third-order valence-electron chi connectivity index (χ3n) is 2.18. The predicted molar refractivity (Wildman–Crippen MR) is 52.8 cm³/mol. The number of carbonyl (C=O) groups excluding carboxylic acids is 2. The first-order valence-electron chi connectivity index (χ1n) is 4.86. The smallest absolute Gasteiger partial charge is 0.413 e. The largest absolute Gasteiger partial charge is 0.480 e. The number of carboxylic acids is 1. The van der Waals surface area contributed by atoms with Crippen LogP contribution in [0.1, 0.15) is 12.8 Å². The number of ether oxygens (including phenoxy) is 1. The molecule has 2 amide bonds. The summed E-state index contributed by atoms with van der Waals surface area (Å²) in [5, 5.41) is 10.6. The van der Waals surface area contributed by atoms with E-state index < -0.39 is 18.0 Å². The second-order valence-corrected chi connectivity index (χ2v) is 3.57. The fraction of sp³-hybridized carbons (Fsp3) is 0.667. The zero-order chi connectivity index (χ0) is 12.1. The Morgan fingerprint density at radius 3 is 2.44 bits per heavy atom. The van der Waals surface area contributed by atoms with Crippen LogP contribution in [0.3, 0.4) is 0 Å². The molecule has 0 bridgehead atoms. The summed E-state index contributed by atoms with van der Waals surface area (Å²) in [6.07, 6.45) is 0.938. The molecule has 0 atom stereocenters. The Morgan fingerprint density at radius 2 is 2.00 bits per heavy atom. The maximum absolute atomic E-state index is 11.3. The standard InChI is InChI=1S/C9H14N2O5/c1-16-9(15)10-7(12)4-11(5-8(13)14)6-2-3-6/h6H,2-5H2,1H3,(H,13,14)(H,10,12,15). The monoisotopic (exact) mass is 230 g/mol. The maximum atomic E-state index is 11.3. The first-order valence-corrected chi connectivity index (χ1v) is 4.86. The van der Waals surface area contributed by atoms with Gasteiger partial charge < -0.3 is 9.84 Å². The van der Waals surface area contributed by atoms with Gasteiger partial charge in [-0.25, -0.2) is 4.79 Å². The molecule has 0 saturated heterocycles. The van der Waals surface area contributed by atoms with Gasteiger partial charge in [0.05, 0.1) is 20.2 Å². The van der Waals surface area contributed by atoms with E-state index in [2.05, 4.69) is 4.74 Å². The van der Waals surface area contributed by atoms with Crippen molar-refractivity contribution >= 4 is 18.0 Å². The predicted octanol–water partition coefficient (Wildman–Crippen LogP) is -0.582. The third-order valence-corrected chi connectivity index (χ3v) is 2.18. The number of nitrogens with one attached hydrogen (secondary N) is 1.